The van der Waals surface area contributed by atoms with Crippen LogP contribution in [0.15, 0.2) is 12.2 Å². The van der Waals surface area contributed by atoms with Gasteiger partial charge < -0.3 is 0 Å². The summed E-state index contributed by atoms with van der Waals surface area (Å²) in [5.41, 5.74) is 0. The molecule has 1 saturated carbocycles. The Kier molecular flexibility index (Phi) is 1.37. The van der Waals surface area contributed by atoms with E-state index in [0.717, 1.165) is 25.2 Å². The summed E-state index contributed by atoms with van der Waals surface area (Å²) in [6.07, 6.45) is 8.49. The van der Waals surface area contributed by atoms with Crippen molar-refractivity contribution in [1.82, 2.24) is 0 Å². The Balaban J connectivity index is 2.14. The van der Waals surface area contributed by atoms with Crippen LogP contribution < -0.4 is 0 Å². The van der Waals surface area contributed by atoms with Crippen LogP contribution in [0.3, 0.4) is 0 Å². The summed E-state index contributed by atoms with van der Waals surface area (Å²) in [5.74, 6) is 1.80. The predicted octanol–water partition coefficient (Wildman–Crippen LogP) is 1.93. The van der Waals surface area contributed by atoms with Crippen molar-refractivity contribution in [3.05, 3.63) is 12.2 Å². The highest BCUT2D eigenvalue weighted by Gasteiger charge is 2.25. The second-order valence-corrected chi connectivity index (χ2v) is 3.42. The van der Waals surface area contributed by atoms with E-state index < -0.39 is 0 Å². The van der Waals surface area contributed by atoms with Gasteiger partial charge in [0, 0.05) is 12.8 Å². The van der Waals surface area contributed by atoms with Crippen LogP contribution in [0, 0.1) is 11.8 Å². The van der Waals surface area contributed by atoms with Gasteiger partial charge in [0.15, 0.2) is 0 Å². The molecule has 2 aliphatic carbocycles. The van der Waals surface area contributed by atoms with Crippen LogP contribution in [-0.4, -0.2) is 5.78 Å². The molecule has 0 spiro atoms. The number of Topliss-reactive ketones (excluding diaryl/α,β-unsaturated/α-hetero) is 1. The zero-order chi connectivity index (χ0) is 6.97. The number of rotatable bonds is 0. The molecule has 0 radical (unpaired) electrons. The largest absolute Gasteiger partial charge is 0.300 e. The van der Waals surface area contributed by atoms with Gasteiger partial charge in [-0.05, 0) is 24.7 Å². The minimum atomic E-state index is 0.469. The second kappa shape index (κ2) is 2.22. The minimum absolute atomic E-state index is 0.469. The lowest BCUT2D eigenvalue weighted by atomic mass is 10.0. The van der Waals surface area contributed by atoms with Crippen LogP contribution in [0.2, 0.25) is 0 Å². The molecule has 2 atom stereocenters. The maximum atomic E-state index is 11.0. The van der Waals surface area contributed by atoms with E-state index in [0.29, 0.717) is 11.7 Å². The van der Waals surface area contributed by atoms with Gasteiger partial charge in [-0.25, -0.2) is 0 Å². The van der Waals surface area contributed by atoms with Gasteiger partial charge in [0.25, 0.3) is 0 Å². The molecule has 0 aromatic heterocycles. The normalized spacial score (nSPS) is 38.2. The van der Waals surface area contributed by atoms with E-state index in [9.17, 15) is 4.79 Å². The lowest BCUT2D eigenvalue weighted by molar-refractivity contribution is -0.119. The fourth-order valence-corrected chi connectivity index (χ4v) is 1.97. The fraction of sp³-hybridized carbons (Fsp3) is 0.667. The van der Waals surface area contributed by atoms with Gasteiger partial charge in [0.1, 0.15) is 5.78 Å². The van der Waals surface area contributed by atoms with Crippen LogP contribution in [-0.2, 0) is 4.79 Å². The molecule has 2 aliphatic rings. The molecular formula is C9H12O. The molecule has 0 unspecified atom stereocenters. The molecule has 0 aromatic rings. The SMILES string of the molecule is O=C1CC[C@H]2C=C[C@@H](C1)C2. The van der Waals surface area contributed by atoms with Gasteiger partial charge in [-0.15, -0.1) is 0 Å². The Morgan fingerprint density at radius 1 is 1.30 bits per heavy atom. The van der Waals surface area contributed by atoms with Crippen molar-refractivity contribution in [1.29, 1.82) is 0 Å². The molecule has 1 heteroatoms. The number of ketones is 1. The average Bonchev–Trinajstić information content (AvgIpc) is 2.22. The first-order valence-electron chi connectivity index (χ1n) is 4.04. The molecule has 2 rings (SSSR count). The maximum Gasteiger partial charge on any atom is 0.133 e. The minimum Gasteiger partial charge on any atom is -0.300 e. The summed E-state index contributed by atoms with van der Waals surface area (Å²) in [6.45, 7) is 0. The summed E-state index contributed by atoms with van der Waals surface area (Å²) in [6, 6.07) is 0. The third-order valence-corrected chi connectivity index (χ3v) is 2.54. The fourth-order valence-electron chi connectivity index (χ4n) is 1.97. The van der Waals surface area contributed by atoms with Crippen LogP contribution >= 0.6 is 0 Å². The van der Waals surface area contributed by atoms with Crippen molar-refractivity contribution in [2.24, 2.45) is 11.8 Å². The third kappa shape index (κ3) is 1.00. The molecule has 10 heavy (non-hydrogen) atoms. The Bertz CT molecular complexity index is 181. The van der Waals surface area contributed by atoms with Gasteiger partial charge >= 0.3 is 0 Å². The van der Waals surface area contributed by atoms with Crippen LogP contribution in [0.25, 0.3) is 0 Å². The number of fused-ring (bicyclic) bond motifs is 2. The smallest absolute Gasteiger partial charge is 0.133 e. The van der Waals surface area contributed by atoms with E-state index in [-0.39, 0.29) is 0 Å². The summed E-state index contributed by atoms with van der Waals surface area (Å²) in [7, 11) is 0. The zero-order valence-corrected chi connectivity index (χ0v) is 6.05. The molecule has 1 fully saturated rings. The third-order valence-electron chi connectivity index (χ3n) is 2.54. The van der Waals surface area contributed by atoms with E-state index in [2.05, 4.69) is 12.2 Å². The van der Waals surface area contributed by atoms with Gasteiger partial charge in [0.2, 0.25) is 0 Å². The van der Waals surface area contributed by atoms with Crippen molar-refractivity contribution in [2.75, 3.05) is 0 Å². The number of hydrogen-bond acceptors (Lipinski definition) is 1. The van der Waals surface area contributed by atoms with Gasteiger partial charge in [-0.1, -0.05) is 12.2 Å². The molecule has 0 saturated heterocycles. The summed E-state index contributed by atoms with van der Waals surface area (Å²) < 4.78 is 0. The van der Waals surface area contributed by atoms with Gasteiger partial charge in [0.05, 0.1) is 0 Å². The van der Waals surface area contributed by atoms with Crippen LogP contribution in [0.1, 0.15) is 25.7 Å². The van der Waals surface area contributed by atoms with E-state index >= 15 is 0 Å². The highest BCUT2D eigenvalue weighted by Crippen LogP contribution is 2.33. The lowest BCUT2D eigenvalue weighted by Gasteiger charge is -2.01. The number of carbonyl (C=O) groups excluding carboxylic acids is 1. The quantitative estimate of drug-likeness (QED) is 0.465. The molecule has 0 N–H and O–H groups in total. The molecule has 0 heterocycles. The number of carbonyl (C=O) groups is 1. The van der Waals surface area contributed by atoms with Crippen molar-refractivity contribution in [2.45, 2.75) is 25.7 Å². The van der Waals surface area contributed by atoms with E-state index in [1.54, 1.807) is 0 Å². The molecule has 1 nitrogen and oxygen atoms in total. The summed E-state index contributed by atoms with van der Waals surface area (Å²) in [4.78, 5) is 11.0. The summed E-state index contributed by atoms with van der Waals surface area (Å²) in [5, 5.41) is 0. The Hall–Kier alpha value is -0.590. The molecule has 0 amide bonds. The first-order chi connectivity index (χ1) is 4.84. The van der Waals surface area contributed by atoms with E-state index in [4.69, 9.17) is 0 Å². The topological polar surface area (TPSA) is 17.1 Å². The molecule has 54 valence electrons. The number of hydrogen-bond donors (Lipinski definition) is 0. The Morgan fingerprint density at radius 3 is 3.00 bits per heavy atom. The number of allylic oxidation sites excluding steroid dienone is 2. The molecule has 2 bridgehead atoms. The zero-order valence-electron chi connectivity index (χ0n) is 6.05. The van der Waals surface area contributed by atoms with E-state index in [1.807, 2.05) is 0 Å². The molecule has 0 aromatic carbocycles. The standard InChI is InChI=1S/C9H12O/c10-9-4-3-7-1-2-8(5-7)6-9/h1-2,7-8H,3-6H2/t7-,8-/m1/s1. The highest BCUT2D eigenvalue weighted by atomic mass is 16.1. The van der Waals surface area contributed by atoms with Gasteiger partial charge in [-0.3, -0.25) is 4.79 Å². The van der Waals surface area contributed by atoms with Crippen molar-refractivity contribution >= 4 is 5.78 Å². The van der Waals surface area contributed by atoms with Crippen molar-refractivity contribution in [3.8, 4) is 0 Å². The Morgan fingerprint density at radius 2 is 2.10 bits per heavy atom. The predicted molar refractivity (Wildman–Crippen MR) is 39.6 cm³/mol. The maximum absolute atomic E-state index is 11.0. The van der Waals surface area contributed by atoms with Crippen LogP contribution in [0.5, 0.6) is 0 Å². The molecular weight excluding hydrogens is 124 g/mol. The van der Waals surface area contributed by atoms with Gasteiger partial charge in [-0.2, -0.15) is 0 Å². The van der Waals surface area contributed by atoms with E-state index in [1.165, 1.54) is 6.42 Å². The average molecular weight is 136 g/mol. The lowest BCUT2D eigenvalue weighted by Crippen LogP contribution is -2.00. The monoisotopic (exact) mass is 136 g/mol. The first kappa shape index (κ1) is 6.14. The summed E-state index contributed by atoms with van der Waals surface area (Å²) >= 11 is 0. The molecule has 0 aliphatic heterocycles. The first-order valence-corrected chi connectivity index (χ1v) is 4.04. The van der Waals surface area contributed by atoms with Crippen molar-refractivity contribution < 1.29 is 4.79 Å². The van der Waals surface area contributed by atoms with Crippen LogP contribution in [0.4, 0.5) is 0 Å². The van der Waals surface area contributed by atoms with Crippen molar-refractivity contribution in [3.63, 3.8) is 0 Å². The highest BCUT2D eigenvalue weighted by molar-refractivity contribution is 5.79. The Labute approximate surface area is 61.1 Å². The second-order valence-electron chi connectivity index (χ2n) is 3.42.